The summed E-state index contributed by atoms with van der Waals surface area (Å²) in [6.45, 7) is 11.5. The smallest absolute Gasteiger partial charge is 0.0561 e. The molecule has 100 valence electrons. The molecule has 0 aromatic rings. The fourth-order valence-corrected chi connectivity index (χ4v) is 3.06. The normalized spacial score (nSPS) is 37.1. The van der Waals surface area contributed by atoms with E-state index in [4.69, 9.17) is 4.74 Å². The lowest BCUT2D eigenvalue weighted by atomic mass is 9.99. The van der Waals surface area contributed by atoms with Gasteiger partial charge in [0, 0.05) is 25.2 Å². The summed E-state index contributed by atoms with van der Waals surface area (Å²) >= 11 is 0. The molecule has 2 aliphatic rings. The highest BCUT2D eigenvalue weighted by atomic mass is 16.5. The van der Waals surface area contributed by atoms with Crippen LogP contribution >= 0.6 is 0 Å². The van der Waals surface area contributed by atoms with Gasteiger partial charge in [0.1, 0.15) is 0 Å². The Labute approximate surface area is 106 Å². The molecule has 3 atom stereocenters. The van der Waals surface area contributed by atoms with Gasteiger partial charge in [-0.1, -0.05) is 13.8 Å². The van der Waals surface area contributed by atoms with E-state index in [0.717, 1.165) is 18.6 Å². The highest BCUT2D eigenvalue weighted by molar-refractivity contribution is 4.85. The van der Waals surface area contributed by atoms with Gasteiger partial charge in [-0.2, -0.15) is 0 Å². The molecule has 3 nitrogen and oxygen atoms in total. The van der Waals surface area contributed by atoms with Crippen molar-refractivity contribution in [2.75, 3.05) is 26.2 Å². The summed E-state index contributed by atoms with van der Waals surface area (Å²) in [5, 5.41) is 3.69. The summed E-state index contributed by atoms with van der Waals surface area (Å²) in [6, 6.07) is 1.41. The first-order chi connectivity index (χ1) is 8.16. The van der Waals surface area contributed by atoms with Gasteiger partial charge in [-0.15, -0.1) is 0 Å². The van der Waals surface area contributed by atoms with Crippen molar-refractivity contribution >= 4 is 0 Å². The molecule has 0 bridgehead atoms. The standard InChI is InChI=1S/C14H28N2O/c1-11(2)14-10-16(7-4-6-15-14)13-5-8-17-12(3)9-13/h11-15H,4-10H2,1-3H3. The summed E-state index contributed by atoms with van der Waals surface area (Å²) in [7, 11) is 0. The Kier molecular flexibility index (Phi) is 4.83. The van der Waals surface area contributed by atoms with Crippen molar-refractivity contribution in [2.45, 2.75) is 58.2 Å². The molecule has 3 heteroatoms. The summed E-state index contributed by atoms with van der Waals surface area (Å²) < 4.78 is 5.66. The zero-order valence-electron chi connectivity index (χ0n) is 11.6. The Bertz CT molecular complexity index is 232. The van der Waals surface area contributed by atoms with Crippen LogP contribution in [-0.4, -0.2) is 49.3 Å². The predicted octanol–water partition coefficient (Wildman–Crippen LogP) is 1.87. The first-order valence-electron chi connectivity index (χ1n) is 7.26. The summed E-state index contributed by atoms with van der Waals surface area (Å²) in [6.07, 6.45) is 4.16. The van der Waals surface area contributed by atoms with E-state index >= 15 is 0 Å². The molecule has 2 heterocycles. The minimum absolute atomic E-state index is 0.447. The van der Waals surface area contributed by atoms with Crippen LogP contribution in [0.5, 0.6) is 0 Å². The maximum absolute atomic E-state index is 5.66. The third kappa shape index (κ3) is 3.67. The Balaban J connectivity index is 1.93. The van der Waals surface area contributed by atoms with E-state index in [1.54, 1.807) is 0 Å². The van der Waals surface area contributed by atoms with Crippen molar-refractivity contribution < 1.29 is 4.74 Å². The van der Waals surface area contributed by atoms with Crippen LogP contribution in [0.4, 0.5) is 0 Å². The molecule has 0 saturated carbocycles. The topological polar surface area (TPSA) is 24.5 Å². The van der Waals surface area contributed by atoms with Crippen LogP contribution in [0.3, 0.4) is 0 Å². The second-order valence-electron chi connectivity index (χ2n) is 6.01. The van der Waals surface area contributed by atoms with Crippen LogP contribution in [0.15, 0.2) is 0 Å². The minimum atomic E-state index is 0.447. The van der Waals surface area contributed by atoms with E-state index in [1.165, 1.54) is 38.9 Å². The van der Waals surface area contributed by atoms with Crippen molar-refractivity contribution in [1.82, 2.24) is 10.2 Å². The summed E-state index contributed by atoms with van der Waals surface area (Å²) in [5.41, 5.74) is 0. The Morgan fingerprint density at radius 3 is 2.88 bits per heavy atom. The van der Waals surface area contributed by atoms with Crippen LogP contribution < -0.4 is 5.32 Å². The summed E-state index contributed by atoms with van der Waals surface area (Å²) in [4.78, 5) is 2.71. The van der Waals surface area contributed by atoms with Crippen LogP contribution in [0, 0.1) is 5.92 Å². The highest BCUT2D eigenvalue weighted by Crippen LogP contribution is 2.21. The van der Waals surface area contributed by atoms with E-state index in [9.17, 15) is 0 Å². The molecular weight excluding hydrogens is 212 g/mol. The van der Waals surface area contributed by atoms with E-state index in [0.29, 0.717) is 12.1 Å². The number of rotatable bonds is 2. The second kappa shape index (κ2) is 6.17. The lowest BCUT2D eigenvalue weighted by Crippen LogP contribution is -2.47. The SMILES string of the molecule is CC1CC(N2CCCNC(C(C)C)C2)CCO1. The number of hydrogen-bond donors (Lipinski definition) is 1. The fourth-order valence-electron chi connectivity index (χ4n) is 3.06. The maximum Gasteiger partial charge on any atom is 0.0561 e. The van der Waals surface area contributed by atoms with Gasteiger partial charge in [-0.05, 0) is 45.2 Å². The number of nitrogens with one attached hydrogen (secondary N) is 1. The molecule has 2 saturated heterocycles. The molecule has 3 unspecified atom stereocenters. The lowest BCUT2D eigenvalue weighted by molar-refractivity contribution is -0.0184. The van der Waals surface area contributed by atoms with E-state index in [-0.39, 0.29) is 0 Å². The van der Waals surface area contributed by atoms with Crippen molar-refractivity contribution in [3.05, 3.63) is 0 Å². The lowest BCUT2D eigenvalue weighted by Gasteiger charge is -2.37. The quantitative estimate of drug-likeness (QED) is 0.797. The Morgan fingerprint density at radius 1 is 1.35 bits per heavy atom. The number of hydrogen-bond acceptors (Lipinski definition) is 3. The molecule has 2 aliphatic heterocycles. The van der Waals surface area contributed by atoms with Gasteiger partial charge in [0.25, 0.3) is 0 Å². The summed E-state index contributed by atoms with van der Waals surface area (Å²) in [5.74, 6) is 0.730. The molecule has 0 aromatic heterocycles. The zero-order chi connectivity index (χ0) is 12.3. The Hall–Kier alpha value is -0.120. The van der Waals surface area contributed by atoms with E-state index in [2.05, 4.69) is 31.0 Å². The predicted molar refractivity (Wildman–Crippen MR) is 71.3 cm³/mol. The largest absolute Gasteiger partial charge is 0.378 e. The second-order valence-corrected chi connectivity index (χ2v) is 6.01. The molecule has 1 N–H and O–H groups in total. The third-order valence-corrected chi connectivity index (χ3v) is 4.24. The molecule has 17 heavy (non-hydrogen) atoms. The highest BCUT2D eigenvalue weighted by Gasteiger charge is 2.28. The average molecular weight is 240 g/mol. The molecule has 2 fully saturated rings. The van der Waals surface area contributed by atoms with Crippen molar-refractivity contribution in [2.24, 2.45) is 5.92 Å². The van der Waals surface area contributed by atoms with Gasteiger partial charge in [0.2, 0.25) is 0 Å². The van der Waals surface area contributed by atoms with E-state index in [1.807, 2.05) is 0 Å². The van der Waals surface area contributed by atoms with Crippen molar-refractivity contribution in [1.29, 1.82) is 0 Å². The van der Waals surface area contributed by atoms with Crippen LogP contribution in [-0.2, 0) is 4.74 Å². The monoisotopic (exact) mass is 240 g/mol. The molecule has 0 amide bonds. The molecule has 0 aromatic carbocycles. The first kappa shape index (κ1) is 13.3. The fraction of sp³-hybridized carbons (Fsp3) is 1.00. The third-order valence-electron chi connectivity index (χ3n) is 4.24. The zero-order valence-corrected chi connectivity index (χ0v) is 11.6. The van der Waals surface area contributed by atoms with Gasteiger partial charge in [0.05, 0.1) is 6.10 Å². The van der Waals surface area contributed by atoms with Crippen LogP contribution in [0.2, 0.25) is 0 Å². The van der Waals surface area contributed by atoms with Gasteiger partial charge >= 0.3 is 0 Å². The van der Waals surface area contributed by atoms with Crippen molar-refractivity contribution in [3.63, 3.8) is 0 Å². The molecule has 2 rings (SSSR count). The van der Waals surface area contributed by atoms with Gasteiger partial charge < -0.3 is 10.1 Å². The van der Waals surface area contributed by atoms with Crippen LogP contribution in [0.1, 0.15) is 40.0 Å². The van der Waals surface area contributed by atoms with Gasteiger partial charge in [0.15, 0.2) is 0 Å². The van der Waals surface area contributed by atoms with Crippen molar-refractivity contribution in [3.8, 4) is 0 Å². The Morgan fingerprint density at radius 2 is 2.18 bits per heavy atom. The molecule has 0 aliphatic carbocycles. The minimum Gasteiger partial charge on any atom is -0.378 e. The first-order valence-corrected chi connectivity index (χ1v) is 7.26. The maximum atomic E-state index is 5.66. The van der Waals surface area contributed by atoms with Gasteiger partial charge in [-0.3, -0.25) is 4.90 Å². The molecule has 0 radical (unpaired) electrons. The number of ether oxygens (including phenoxy) is 1. The number of nitrogens with zero attached hydrogens (tertiary/aromatic N) is 1. The average Bonchev–Trinajstić information content (AvgIpc) is 2.54. The van der Waals surface area contributed by atoms with E-state index < -0.39 is 0 Å². The molecular formula is C14H28N2O. The molecule has 0 spiro atoms. The van der Waals surface area contributed by atoms with Crippen LogP contribution in [0.25, 0.3) is 0 Å². The van der Waals surface area contributed by atoms with Gasteiger partial charge in [-0.25, -0.2) is 0 Å².